The van der Waals surface area contributed by atoms with Gasteiger partial charge in [0.15, 0.2) is 0 Å². The van der Waals surface area contributed by atoms with E-state index in [2.05, 4.69) is 37.1 Å². The van der Waals surface area contributed by atoms with Crippen LogP contribution in [0.4, 0.5) is 0 Å². The van der Waals surface area contributed by atoms with E-state index in [0.717, 1.165) is 6.42 Å². The molecule has 2 unspecified atom stereocenters. The number of rotatable bonds is 4. The minimum absolute atomic E-state index is 0.481. The van der Waals surface area contributed by atoms with Crippen molar-refractivity contribution in [2.45, 2.75) is 39.2 Å². The zero-order valence-corrected chi connectivity index (χ0v) is 9.54. The molecule has 0 amide bonds. The second kappa shape index (κ2) is 5.11. The topological polar surface area (TPSA) is 24.9 Å². The van der Waals surface area contributed by atoms with Gasteiger partial charge in [0.1, 0.15) is 0 Å². The molecule has 1 rings (SSSR count). The average molecular weight is 192 g/mol. The molecule has 0 aliphatic rings. The van der Waals surface area contributed by atoms with Gasteiger partial charge < -0.3 is 5.32 Å². The lowest BCUT2D eigenvalue weighted by atomic mass is 9.93. The maximum absolute atomic E-state index is 4.44. The highest BCUT2D eigenvalue weighted by atomic mass is 14.9. The number of hydrogen-bond donors (Lipinski definition) is 1. The Morgan fingerprint density at radius 3 is 2.71 bits per heavy atom. The Morgan fingerprint density at radius 1 is 1.50 bits per heavy atom. The van der Waals surface area contributed by atoms with Gasteiger partial charge in [0, 0.05) is 23.9 Å². The molecule has 0 fully saturated rings. The summed E-state index contributed by atoms with van der Waals surface area (Å²) >= 11 is 0. The van der Waals surface area contributed by atoms with Gasteiger partial charge in [-0.2, -0.15) is 0 Å². The van der Waals surface area contributed by atoms with E-state index in [4.69, 9.17) is 0 Å². The molecule has 1 aromatic rings. The number of nitrogens with zero attached hydrogens (tertiary/aromatic N) is 1. The Balaban J connectivity index is 2.89. The van der Waals surface area contributed by atoms with Crippen LogP contribution in [0.15, 0.2) is 18.3 Å². The molecule has 0 aliphatic carbocycles. The molecule has 1 heterocycles. The van der Waals surface area contributed by atoms with Gasteiger partial charge in [-0.05, 0) is 45.0 Å². The summed E-state index contributed by atoms with van der Waals surface area (Å²) in [5, 5.41) is 3.29. The third kappa shape index (κ3) is 2.55. The van der Waals surface area contributed by atoms with Crippen LogP contribution in [-0.2, 0) is 0 Å². The highest BCUT2D eigenvalue weighted by molar-refractivity contribution is 5.18. The van der Waals surface area contributed by atoms with Crippen LogP contribution in [0.5, 0.6) is 0 Å². The van der Waals surface area contributed by atoms with Crippen molar-refractivity contribution in [1.82, 2.24) is 10.3 Å². The van der Waals surface area contributed by atoms with Gasteiger partial charge in [-0.25, -0.2) is 0 Å². The first-order chi connectivity index (χ1) is 6.69. The molecular formula is C12H20N2. The highest BCUT2D eigenvalue weighted by Gasteiger charge is 2.16. The molecule has 0 aromatic carbocycles. The first kappa shape index (κ1) is 11.2. The van der Waals surface area contributed by atoms with E-state index < -0.39 is 0 Å². The second-order valence-electron chi connectivity index (χ2n) is 3.85. The highest BCUT2D eigenvalue weighted by Crippen LogP contribution is 2.21. The molecule has 14 heavy (non-hydrogen) atoms. The molecule has 2 atom stereocenters. The molecule has 1 N–H and O–H groups in total. The SMILES string of the molecule is CCC(c1cc(C)ccn1)C(C)NC. The summed E-state index contributed by atoms with van der Waals surface area (Å²) < 4.78 is 0. The van der Waals surface area contributed by atoms with E-state index in [0.29, 0.717) is 12.0 Å². The lowest BCUT2D eigenvalue weighted by Gasteiger charge is -2.21. The van der Waals surface area contributed by atoms with Crippen LogP contribution in [0.1, 0.15) is 37.4 Å². The maximum atomic E-state index is 4.44. The summed E-state index contributed by atoms with van der Waals surface area (Å²) in [6.07, 6.45) is 3.02. The van der Waals surface area contributed by atoms with Crippen molar-refractivity contribution in [3.8, 4) is 0 Å². The summed E-state index contributed by atoms with van der Waals surface area (Å²) in [4.78, 5) is 4.44. The number of aryl methyl sites for hydroxylation is 1. The first-order valence-electron chi connectivity index (χ1n) is 5.28. The molecule has 0 saturated carbocycles. The first-order valence-corrected chi connectivity index (χ1v) is 5.28. The van der Waals surface area contributed by atoms with Crippen molar-refractivity contribution in [3.05, 3.63) is 29.6 Å². The summed E-state index contributed by atoms with van der Waals surface area (Å²) in [6.45, 7) is 6.53. The lowest BCUT2D eigenvalue weighted by Crippen LogP contribution is -2.29. The van der Waals surface area contributed by atoms with E-state index in [-0.39, 0.29) is 0 Å². The van der Waals surface area contributed by atoms with Crippen LogP contribution >= 0.6 is 0 Å². The molecule has 0 aliphatic heterocycles. The third-order valence-corrected chi connectivity index (χ3v) is 2.82. The van der Waals surface area contributed by atoms with Gasteiger partial charge in [-0.3, -0.25) is 4.98 Å². The molecule has 0 radical (unpaired) electrons. The fourth-order valence-corrected chi connectivity index (χ4v) is 1.78. The molecule has 2 heteroatoms. The molecular weight excluding hydrogens is 172 g/mol. The molecule has 2 nitrogen and oxygen atoms in total. The summed E-state index contributed by atoms with van der Waals surface area (Å²) in [5.41, 5.74) is 2.49. The van der Waals surface area contributed by atoms with Crippen LogP contribution in [-0.4, -0.2) is 18.1 Å². The van der Waals surface area contributed by atoms with Crippen LogP contribution in [0.25, 0.3) is 0 Å². The van der Waals surface area contributed by atoms with Crippen molar-refractivity contribution in [2.24, 2.45) is 0 Å². The molecule has 0 spiro atoms. The van der Waals surface area contributed by atoms with Crippen LogP contribution < -0.4 is 5.32 Å². The Labute approximate surface area is 86.8 Å². The van der Waals surface area contributed by atoms with Crippen LogP contribution in [0.2, 0.25) is 0 Å². The quantitative estimate of drug-likeness (QED) is 0.792. The van der Waals surface area contributed by atoms with Crippen molar-refractivity contribution in [2.75, 3.05) is 7.05 Å². The Kier molecular flexibility index (Phi) is 4.08. The van der Waals surface area contributed by atoms with Gasteiger partial charge >= 0.3 is 0 Å². The average Bonchev–Trinajstić information content (AvgIpc) is 2.19. The fraction of sp³-hybridized carbons (Fsp3) is 0.583. The van der Waals surface area contributed by atoms with E-state index in [9.17, 15) is 0 Å². The third-order valence-electron chi connectivity index (χ3n) is 2.82. The minimum Gasteiger partial charge on any atom is -0.317 e. The van der Waals surface area contributed by atoms with Gasteiger partial charge in [-0.1, -0.05) is 6.92 Å². The lowest BCUT2D eigenvalue weighted by molar-refractivity contribution is 0.474. The number of pyridine rings is 1. The largest absolute Gasteiger partial charge is 0.317 e. The van der Waals surface area contributed by atoms with Crippen molar-refractivity contribution < 1.29 is 0 Å². The van der Waals surface area contributed by atoms with Crippen molar-refractivity contribution in [3.63, 3.8) is 0 Å². The monoisotopic (exact) mass is 192 g/mol. The standard InChI is InChI=1S/C12H20N2/c1-5-11(10(3)13-4)12-8-9(2)6-7-14-12/h6-8,10-11,13H,5H2,1-4H3. The summed E-state index contributed by atoms with van der Waals surface area (Å²) in [7, 11) is 2.00. The molecule has 0 saturated heterocycles. The van der Waals surface area contributed by atoms with Gasteiger partial charge in [0.2, 0.25) is 0 Å². The molecule has 0 bridgehead atoms. The second-order valence-corrected chi connectivity index (χ2v) is 3.85. The van der Waals surface area contributed by atoms with Gasteiger partial charge in [0.05, 0.1) is 0 Å². The summed E-state index contributed by atoms with van der Waals surface area (Å²) in [5.74, 6) is 0.514. The Hall–Kier alpha value is -0.890. The normalized spacial score (nSPS) is 15.1. The fourth-order valence-electron chi connectivity index (χ4n) is 1.78. The van der Waals surface area contributed by atoms with E-state index >= 15 is 0 Å². The van der Waals surface area contributed by atoms with E-state index in [1.807, 2.05) is 19.3 Å². The van der Waals surface area contributed by atoms with Gasteiger partial charge in [-0.15, -0.1) is 0 Å². The van der Waals surface area contributed by atoms with Gasteiger partial charge in [0.25, 0.3) is 0 Å². The van der Waals surface area contributed by atoms with Crippen molar-refractivity contribution >= 4 is 0 Å². The number of hydrogen-bond acceptors (Lipinski definition) is 2. The predicted octanol–water partition coefficient (Wildman–Crippen LogP) is 2.49. The minimum atomic E-state index is 0.481. The van der Waals surface area contributed by atoms with E-state index in [1.165, 1.54) is 11.3 Å². The summed E-state index contributed by atoms with van der Waals surface area (Å²) in [6, 6.07) is 4.71. The molecule has 1 aromatic heterocycles. The zero-order valence-electron chi connectivity index (χ0n) is 9.54. The smallest absolute Gasteiger partial charge is 0.0452 e. The maximum Gasteiger partial charge on any atom is 0.0452 e. The number of likely N-dealkylation sites (N-methyl/N-ethyl adjacent to an activating group) is 1. The predicted molar refractivity (Wildman–Crippen MR) is 60.5 cm³/mol. The van der Waals surface area contributed by atoms with Crippen molar-refractivity contribution in [1.29, 1.82) is 0 Å². The van der Waals surface area contributed by atoms with Crippen LogP contribution in [0, 0.1) is 6.92 Å². The molecule has 78 valence electrons. The number of aromatic nitrogens is 1. The Bertz CT molecular complexity index is 283. The van der Waals surface area contributed by atoms with E-state index in [1.54, 1.807) is 0 Å². The number of nitrogens with one attached hydrogen (secondary N) is 1. The zero-order chi connectivity index (χ0) is 10.6. The Morgan fingerprint density at radius 2 is 2.21 bits per heavy atom. The van der Waals surface area contributed by atoms with Crippen LogP contribution in [0.3, 0.4) is 0 Å².